The van der Waals surface area contributed by atoms with Crippen LogP contribution in [0, 0.1) is 0 Å². The summed E-state index contributed by atoms with van der Waals surface area (Å²) in [5, 5.41) is 3.42. The van der Waals surface area contributed by atoms with Gasteiger partial charge >= 0.3 is 0 Å². The molecule has 2 nitrogen and oxygen atoms in total. The van der Waals surface area contributed by atoms with Gasteiger partial charge in [-0.15, -0.1) is 0 Å². The van der Waals surface area contributed by atoms with Gasteiger partial charge in [0.25, 0.3) is 0 Å². The van der Waals surface area contributed by atoms with Gasteiger partial charge in [0, 0.05) is 11.6 Å². The summed E-state index contributed by atoms with van der Waals surface area (Å²) in [6.07, 6.45) is 1.22. The molecule has 0 aliphatic carbocycles. The predicted octanol–water partition coefficient (Wildman–Crippen LogP) is 2.85. The third kappa shape index (κ3) is 2.00. The Morgan fingerprint density at radius 3 is 2.60 bits per heavy atom. The maximum atomic E-state index is 5.40. The van der Waals surface area contributed by atoms with Gasteiger partial charge in [0.15, 0.2) is 0 Å². The number of rotatable bonds is 3. The van der Waals surface area contributed by atoms with E-state index in [0.29, 0.717) is 12.0 Å². The van der Waals surface area contributed by atoms with Crippen molar-refractivity contribution in [2.24, 2.45) is 0 Å². The van der Waals surface area contributed by atoms with E-state index in [9.17, 15) is 0 Å². The van der Waals surface area contributed by atoms with Crippen LogP contribution >= 0.6 is 0 Å². The first kappa shape index (κ1) is 10.5. The molecular weight excluding hydrogens is 186 g/mol. The second kappa shape index (κ2) is 4.23. The van der Waals surface area contributed by atoms with Gasteiger partial charge < -0.3 is 10.1 Å². The summed E-state index contributed by atoms with van der Waals surface area (Å²) in [5.41, 5.74) is 2.70. The molecule has 0 radical (unpaired) electrons. The Morgan fingerprint density at radius 2 is 2.13 bits per heavy atom. The zero-order chi connectivity index (χ0) is 10.8. The molecule has 1 atom stereocenters. The van der Waals surface area contributed by atoms with Crippen LogP contribution in [0.2, 0.25) is 0 Å². The Bertz CT molecular complexity index is 342. The monoisotopic (exact) mass is 205 g/mol. The van der Waals surface area contributed by atoms with Crippen LogP contribution < -0.4 is 10.1 Å². The summed E-state index contributed by atoms with van der Waals surface area (Å²) in [6, 6.07) is 7.02. The zero-order valence-corrected chi connectivity index (χ0v) is 9.71. The van der Waals surface area contributed by atoms with Crippen LogP contribution in [0.4, 0.5) is 0 Å². The topological polar surface area (TPSA) is 21.3 Å². The molecule has 1 fully saturated rings. The molecule has 1 aromatic rings. The minimum absolute atomic E-state index is 0.499. The van der Waals surface area contributed by atoms with Crippen LogP contribution in [0.25, 0.3) is 0 Å². The molecule has 0 aromatic heterocycles. The van der Waals surface area contributed by atoms with Crippen molar-refractivity contribution < 1.29 is 4.74 Å². The van der Waals surface area contributed by atoms with Gasteiger partial charge in [-0.25, -0.2) is 0 Å². The van der Waals surface area contributed by atoms with E-state index < -0.39 is 0 Å². The molecular formula is C13H19NO. The molecule has 15 heavy (non-hydrogen) atoms. The highest BCUT2D eigenvalue weighted by Gasteiger charge is 2.22. The van der Waals surface area contributed by atoms with Gasteiger partial charge in [0.1, 0.15) is 5.75 Å². The molecule has 0 spiro atoms. The highest BCUT2D eigenvalue weighted by Crippen LogP contribution is 2.33. The van der Waals surface area contributed by atoms with Gasteiger partial charge in [-0.1, -0.05) is 26.0 Å². The first-order valence-corrected chi connectivity index (χ1v) is 5.63. The average Bonchev–Trinajstić information content (AvgIpc) is 2.15. The first-order valence-electron chi connectivity index (χ1n) is 5.63. The van der Waals surface area contributed by atoms with Crippen molar-refractivity contribution in [2.45, 2.75) is 32.2 Å². The highest BCUT2D eigenvalue weighted by atomic mass is 16.5. The van der Waals surface area contributed by atoms with E-state index in [-0.39, 0.29) is 0 Å². The molecule has 2 rings (SSSR count). The van der Waals surface area contributed by atoms with Crippen molar-refractivity contribution in [2.75, 3.05) is 13.7 Å². The van der Waals surface area contributed by atoms with Crippen molar-refractivity contribution >= 4 is 0 Å². The summed E-state index contributed by atoms with van der Waals surface area (Å²) in [6.45, 7) is 5.57. The molecule has 1 saturated heterocycles. The highest BCUT2D eigenvalue weighted by molar-refractivity contribution is 5.41. The van der Waals surface area contributed by atoms with Gasteiger partial charge in [0.05, 0.1) is 7.11 Å². The van der Waals surface area contributed by atoms with E-state index in [4.69, 9.17) is 4.74 Å². The lowest BCUT2D eigenvalue weighted by Gasteiger charge is -2.30. The first-order chi connectivity index (χ1) is 7.22. The lowest BCUT2D eigenvalue weighted by molar-refractivity contribution is 0.353. The Balaban J connectivity index is 2.33. The molecule has 2 heteroatoms. The van der Waals surface area contributed by atoms with E-state index in [0.717, 1.165) is 12.3 Å². The fraction of sp³-hybridized carbons (Fsp3) is 0.538. The van der Waals surface area contributed by atoms with Gasteiger partial charge in [0.2, 0.25) is 0 Å². The second-order valence-electron chi connectivity index (χ2n) is 4.45. The molecule has 1 aromatic carbocycles. The summed E-state index contributed by atoms with van der Waals surface area (Å²) < 4.78 is 5.40. The number of hydrogen-bond acceptors (Lipinski definition) is 2. The largest absolute Gasteiger partial charge is 0.496 e. The van der Waals surface area contributed by atoms with Crippen LogP contribution in [0.5, 0.6) is 5.75 Å². The number of ether oxygens (including phenoxy) is 1. The number of benzene rings is 1. The summed E-state index contributed by atoms with van der Waals surface area (Å²) in [4.78, 5) is 0. The lowest BCUT2D eigenvalue weighted by atomic mass is 9.92. The van der Waals surface area contributed by atoms with Crippen molar-refractivity contribution in [3.05, 3.63) is 29.3 Å². The third-order valence-corrected chi connectivity index (χ3v) is 3.12. The lowest BCUT2D eigenvalue weighted by Crippen LogP contribution is -2.35. The molecule has 0 bridgehead atoms. The molecule has 0 unspecified atom stereocenters. The molecule has 0 amide bonds. The van der Waals surface area contributed by atoms with E-state index in [1.165, 1.54) is 17.5 Å². The zero-order valence-electron chi connectivity index (χ0n) is 9.71. The van der Waals surface area contributed by atoms with Gasteiger partial charge in [-0.2, -0.15) is 0 Å². The van der Waals surface area contributed by atoms with Crippen molar-refractivity contribution in [3.63, 3.8) is 0 Å². The summed E-state index contributed by atoms with van der Waals surface area (Å²) in [5.74, 6) is 1.59. The summed E-state index contributed by atoms with van der Waals surface area (Å²) >= 11 is 0. The van der Waals surface area contributed by atoms with Crippen molar-refractivity contribution in [1.29, 1.82) is 0 Å². The molecule has 0 saturated carbocycles. The van der Waals surface area contributed by atoms with Crippen LogP contribution in [0.15, 0.2) is 18.2 Å². The quantitative estimate of drug-likeness (QED) is 0.819. The van der Waals surface area contributed by atoms with Crippen LogP contribution in [0.1, 0.15) is 43.4 Å². The van der Waals surface area contributed by atoms with Crippen LogP contribution in [0.3, 0.4) is 0 Å². The Labute approximate surface area is 91.6 Å². The van der Waals surface area contributed by atoms with Crippen LogP contribution in [-0.4, -0.2) is 13.7 Å². The normalized spacial score (nSPS) is 20.1. The van der Waals surface area contributed by atoms with E-state index in [2.05, 4.69) is 37.4 Å². The molecule has 1 N–H and O–H groups in total. The minimum Gasteiger partial charge on any atom is -0.496 e. The van der Waals surface area contributed by atoms with E-state index in [1.807, 2.05) is 0 Å². The summed E-state index contributed by atoms with van der Waals surface area (Å²) in [7, 11) is 1.74. The smallest absolute Gasteiger partial charge is 0.123 e. The Morgan fingerprint density at radius 1 is 1.40 bits per heavy atom. The molecule has 1 heterocycles. The van der Waals surface area contributed by atoms with Gasteiger partial charge in [-0.05, 0) is 30.5 Å². The third-order valence-electron chi connectivity index (χ3n) is 3.12. The standard InChI is InChI=1S/C13H19NO/c1-9(2)10-4-5-13(15-3)11(8-10)12-6-7-14-12/h4-5,8-9,12,14H,6-7H2,1-3H3/t12-/m1/s1. The van der Waals surface area contributed by atoms with Gasteiger partial charge in [-0.3, -0.25) is 0 Å². The Kier molecular flexibility index (Phi) is 2.96. The van der Waals surface area contributed by atoms with E-state index >= 15 is 0 Å². The molecule has 82 valence electrons. The number of methoxy groups -OCH3 is 1. The maximum Gasteiger partial charge on any atom is 0.123 e. The number of hydrogen-bond donors (Lipinski definition) is 1. The SMILES string of the molecule is COc1ccc(C(C)C)cc1[C@H]1CCN1. The fourth-order valence-electron chi connectivity index (χ4n) is 1.94. The number of nitrogens with one attached hydrogen (secondary N) is 1. The maximum absolute atomic E-state index is 5.40. The fourth-order valence-corrected chi connectivity index (χ4v) is 1.94. The van der Waals surface area contributed by atoms with Crippen LogP contribution in [-0.2, 0) is 0 Å². The van der Waals surface area contributed by atoms with Crippen molar-refractivity contribution in [1.82, 2.24) is 5.32 Å². The van der Waals surface area contributed by atoms with Crippen molar-refractivity contribution in [3.8, 4) is 5.75 Å². The minimum atomic E-state index is 0.499. The molecule has 1 aliphatic rings. The van der Waals surface area contributed by atoms with E-state index in [1.54, 1.807) is 7.11 Å². The predicted molar refractivity (Wildman–Crippen MR) is 62.4 cm³/mol. The Hall–Kier alpha value is -1.02. The molecule has 1 aliphatic heterocycles. The average molecular weight is 205 g/mol. The second-order valence-corrected chi connectivity index (χ2v) is 4.45.